The molecule has 6 aromatic rings. The van der Waals surface area contributed by atoms with Crippen LogP contribution in [0.25, 0.3) is 0 Å². The number of phenolic OH excluding ortho intramolecular Hbond substituents is 9. The van der Waals surface area contributed by atoms with Gasteiger partial charge in [-0.25, -0.2) is 4.79 Å². The molecule has 4 amide bonds. The monoisotopic (exact) mass is 822 g/mol. The molecule has 314 valence electrons. The van der Waals surface area contributed by atoms with Gasteiger partial charge in [-0.1, -0.05) is 19.6 Å². The molecule has 0 aliphatic carbocycles. The van der Waals surface area contributed by atoms with E-state index in [1.807, 2.05) is 0 Å². The Hall–Kier alpha value is -8.27. The molecule has 0 heterocycles. The zero-order valence-electron chi connectivity index (χ0n) is 32.1. The number of carbonyl (C=O) groups is 3. The molecule has 12 N–H and O–H groups in total. The van der Waals surface area contributed by atoms with Crippen LogP contribution < -0.4 is 20.9 Å². The number of amides is 4. The maximum atomic E-state index is 12.3. The van der Waals surface area contributed by atoms with Crippen molar-refractivity contribution in [3.05, 3.63) is 137 Å². The van der Waals surface area contributed by atoms with Gasteiger partial charge in [0.15, 0.2) is 34.5 Å². The number of para-hydroxylation sites is 1. The second kappa shape index (κ2) is 20.2. The van der Waals surface area contributed by atoms with E-state index in [1.165, 1.54) is 65.6 Å². The molecule has 0 unspecified atom stereocenters. The van der Waals surface area contributed by atoms with Crippen LogP contribution in [0.1, 0.15) is 44.8 Å². The van der Waals surface area contributed by atoms with Gasteiger partial charge in [-0.2, -0.15) is 0 Å². The molecule has 0 bridgehead atoms. The largest absolute Gasteiger partial charge is 0.508 e. The van der Waals surface area contributed by atoms with Crippen molar-refractivity contribution in [3.63, 3.8) is 0 Å². The van der Waals surface area contributed by atoms with Gasteiger partial charge < -0.3 is 66.8 Å². The minimum Gasteiger partial charge on any atom is -0.508 e. The lowest BCUT2D eigenvalue weighted by Gasteiger charge is -2.18. The van der Waals surface area contributed by atoms with Crippen LogP contribution in [0.4, 0.5) is 27.5 Å². The molecule has 0 atom stereocenters. The van der Waals surface area contributed by atoms with Crippen LogP contribution in [0.3, 0.4) is 0 Å². The van der Waals surface area contributed by atoms with E-state index >= 15 is 0 Å². The van der Waals surface area contributed by atoms with Gasteiger partial charge in [-0.3, -0.25) is 9.59 Å². The van der Waals surface area contributed by atoms with Gasteiger partial charge in [0.25, 0.3) is 11.8 Å². The van der Waals surface area contributed by atoms with Crippen molar-refractivity contribution < 1.29 is 60.3 Å². The number of carbonyl (C=O) groups excluding carboxylic acids is 3. The van der Waals surface area contributed by atoms with E-state index in [0.717, 1.165) is 6.07 Å². The summed E-state index contributed by atoms with van der Waals surface area (Å²) in [5.41, 5.74) is 4.17. The van der Waals surface area contributed by atoms with Crippen LogP contribution in [0, 0.1) is 20.8 Å². The van der Waals surface area contributed by atoms with Crippen molar-refractivity contribution in [3.8, 4) is 51.7 Å². The van der Waals surface area contributed by atoms with Gasteiger partial charge in [0.05, 0.1) is 5.69 Å². The quantitative estimate of drug-likeness (QED) is 0.0560. The summed E-state index contributed by atoms with van der Waals surface area (Å²) in [6.07, 6.45) is 0. The lowest BCUT2D eigenvalue weighted by molar-refractivity contribution is 0.0990. The number of nitrogens with zero attached hydrogens (tertiary/aromatic N) is 1. The van der Waals surface area contributed by atoms with E-state index in [9.17, 15) is 55.2 Å². The number of hydrogen-bond acceptors (Lipinski definition) is 12. The lowest BCUT2D eigenvalue weighted by atomic mass is 10.1. The van der Waals surface area contributed by atoms with Crippen LogP contribution >= 0.6 is 0 Å². The van der Waals surface area contributed by atoms with Gasteiger partial charge in [0.2, 0.25) is 0 Å². The van der Waals surface area contributed by atoms with Gasteiger partial charge in [0, 0.05) is 41.3 Å². The zero-order chi connectivity index (χ0) is 43.6. The highest BCUT2D eigenvalue weighted by molar-refractivity contribution is 6.06. The number of rotatable bonds is 6. The van der Waals surface area contributed by atoms with Crippen LogP contribution in [0.15, 0.2) is 109 Å². The van der Waals surface area contributed by atoms with Gasteiger partial charge in [0.1, 0.15) is 17.2 Å². The van der Waals surface area contributed by atoms with E-state index < -0.39 is 11.9 Å². The van der Waals surface area contributed by atoms with Gasteiger partial charge >= 0.3 is 6.03 Å². The maximum Gasteiger partial charge on any atom is 0.323 e. The minimum atomic E-state index is -0.500. The summed E-state index contributed by atoms with van der Waals surface area (Å²) < 4.78 is 0. The summed E-state index contributed by atoms with van der Waals surface area (Å²) in [5, 5.41) is 92.0. The molecule has 6 aromatic carbocycles. The second-order valence-corrected chi connectivity index (χ2v) is 13.0. The number of phenols is 9. The predicted octanol–water partition coefficient (Wildman–Crippen LogP) is 8.14. The molecule has 6 rings (SSSR count). The average molecular weight is 823 g/mol. The van der Waals surface area contributed by atoms with Gasteiger partial charge in [-0.05, 0) is 128 Å². The zero-order valence-corrected chi connectivity index (χ0v) is 32.1. The van der Waals surface area contributed by atoms with Crippen LogP contribution in [0.5, 0.6) is 51.7 Å². The Bertz CT molecular complexity index is 2450. The first-order valence-corrected chi connectivity index (χ1v) is 17.5. The highest BCUT2D eigenvalue weighted by atomic mass is 16.3. The van der Waals surface area contributed by atoms with Crippen LogP contribution in [-0.2, 0) is 0 Å². The first-order chi connectivity index (χ1) is 27.8. The van der Waals surface area contributed by atoms with Crippen molar-refractivity contribution in [2.45, 2.75) is 28.2 Å². The highest BCUT2D eigenvalue weighted by Gasteiger charge is 2.16. The number of hydrogen-bond donors (Lipinski definition) is 12. The standard InChI is InChI=1S/C15H15NO4.C14H14N2O4.C14H13NO4.CH4/c1-9-7-11(4-6-12(9)17)16(2)15(20)10-3-5-13(18)14(19)8-10;1-8-6-9(2-4-11(8)17)15-14(20)16-10-3-5-12(18)13(19)7-10;1-8-3-2-4-10(13(8)18)15-14(19)9-5-6-11(16)12(17)7-9;/h3-8,17-19H,1-2H3;2-7,17-19H,1H3,(H2,15,16,20);2-7,16-18H,1H3,(H,15,19);1H4. The first kappa shape index (κ1) is 46.1. The normalized spacial score (nSPS) is 10.0. The van der Waals surface area contributed by atoms with Crippen LogP contribution in [0.2, 0.25) is 0 Å². The van der Waals surface area contributed by atoms with Crippen molar-refractivity contribution in [2.75, 3.05) is 27.9 Å². The first-order valence-electron chi connectivity index (χ1n) is 17.5. The Kier molecular flexibility index (Phi) is 15.6. The van der Waals surface area contributed by atoms with E-state index in [0.29, 0.717) is 33.8 Å². The van der Waals surface area contributed by atoms with Crippen molar-refractivity contribution in [1.82, 2.24) is 0 Å². The summed E-state index contributed by atoms with van der Waals surface area (Å²) >= 11 is 0. The third-order valence-corrected chi connectivity index (χ3v) is 8.51. The summed E-state index contributed by atoms with van der Waals surface area (Å²) in [6, 6.07) is 25.6. The molecule has 0 aromatic heterocycles. The fourth-order valence-electron chi connectivity index (χ4n) is 5.06. The molecular weight excluding hydrogens is 776 g/mol. The Morgan fingerprint density at radius 3 is 1.47 bits per heavy atom. The SMILES string of the molecule is C.Cc1cc(N(C)C(=O)c2ccc(O)c(O)c2)ccc1O.Cc1cc(NC(=O)Nc2ccc(O)c(O)c2)ccc1O.Cc1cccc(NC(=O)c2ccc(O)c(O)c2)c1O. The van der Waals surface area contributed by atoms with E-state index in [1.54, 1.807) is 70.3 Å². The fraction of sp³-hybridized carbons (Fsp3) is 0.114. The van der Waals surface area contributed by atoms with Gasteiger partial charge in [-0.15, -0.1) is 0 Å². The Balaban J connectivity index is 0.000000238. The third-order valence-electron chi connectivity index (χ3n) is 8.51. The number of aromatic hydroxyl groups is 9. The topological polar surface area (TPSA) is 273 Å². The lowest BCUT2D eigenvalue weighted by Crippen LogP contribution is -2.26. The average Bonchev–Trinajstić information content (AvgIpc) is 3.19. The number of benzene rings is 6. The molecule has 0 aliphatic rings. The number of anilines is 4. The molecular formula is C44H46N4O12. The Morgan fingerprint density at radius 2 is 0.933 bits per heavy atom. The predicted molar refractivity (Wildman–Crippen MR) is 228 cm³/mol. The molecule has 0 aliphatic heterocycles. The Morgan fingerprint density at radius 1 is 0.467 bits per heavy atom. The molecule has 60 heavy (non-hydrogen) atoms. The number of urea groups is 1. The molecule has 0 saturated carbocycles. The molecule has 16 heteroatoms. The Labute approximate surface area is 345 Å². The minimum absolute atomic E-state index is 0. The maximum absolute atomic E-state index is 12.3. The second-order valence-electron chi connectivity index (χ2n) is 13.0. The molecule has 0 fully saturated rings. The van der Waals surface area contributed by atoms with E-state index in [-0.39, 0.29) is 81.9 Å². The smallest absolute Gasteiger partial charge is 0.323 e. The fourth-order valence-corrected chi connectivity index (χ4v) is 5.06. The van der Waals surface area contributed by atoms with Crippen molar-refractivity contribution in [2.24, 2.45) is 0 Å². The third kappa shape index (κ3) is 12.1. The van der Waals surface area contributed by atoms with Crippen LogP contribution in [-0.4, -0.2) is 70.9 Å². The number of aryl methyl sites for hydroxylation is 3. The van der Waals surface area contributed by atoms with E-state index in [2.05, 4.69) is 16.0 Å². The summed E-state index contributed by atoms with van der Waals surface area (Å²) in [5.74, 6) is -2.36. The van der Waals surface area contributed by atoms with Crippen molar-refractivity contribution in [1.29, 1.82) is 0 Å². The number of nitrogens with one attached hydrogen (secondary N) is 3. The molecule has 0 saturated heterocycles. The molecule has 0 radical (unpaired) electrons. The van der Waals surface area contributed by atoms with E-state index in [4.69, 9.17) is 5.11 Å². The molecule has 16 nitrogen and oxygen atoms in total. The summed E-state index contributed by atoms with van der Waals surface area (Å²) in [4.78, 5) is 37.3. The summed E-state index contributed by atoms with van der Waals surface area (Å²) in [6.45, 7) is 5.18. The van der Waals surface area contributed by atoms with Crippen molar-refractivity contribution >= 4 is 40.6 Å². The molecule has 0 spiro atoms. The summed E-state index contributed by atoms with van der Waals surface area (Å²) in [7, 11) is 1.60. The highest BCUT2D eigenvalue weighted by Crippen LogP contribution is 2.31.